The molecule has 1 atom stereocenters. The summed E-state index contributed by atoms with van der Waals surface area (Å²) < 4.78 is 18.0. The van der Waals surface area contributed by atoms with Gasteiger partial charge in [0, 0.05) is 32.7 Å². The van der Waals surface area contributed by atoms with Gasteiger partial charge in [-0.15, -0.1) is 0 Å². The molecule has 1 unspecified atom stereocenters. The van der Waals surface area contributed by atoms with Crippen molar-refractivity contribution in [3.8, 4) is 0 Å². The number of hydrogen-bond acceptors (Lipinski definition) is 4. The molecule has 0 aromatic heterocycles. The van der Waals surface area contributed by atoms with Gasteiger partial charge in [0.05, 0.1) is 19.3 Å². The van der Waals surface area contributed by atoms with E-state index in [9.17, 15) is 9.50 Å². The molecule has 0 amide bonds. The van der Waals surface area contributed by atoms with Crippen LogP contribution in [0.25, 0.3) is 0 Å². The van der Waals surface area contributed by atoms with Crippen molar-refractivity contribution >= 4 is 0 Å². The first-order valence-corrected chi connectivity index (χ1v) is 6.70. The summed E-state index contributed by atoms with van der Waals surface area (Å²) in [6.45, 7) is 5.83. The Kier molecular flexibility index (Phi) is 5.72. The van der Waals surface area contributed by atoms with Crippen LogP contribution in [0, 0.1) is 5.82 Å². The Hall–Kier alpha value is -1.01. The molecule has 1 aromatic carbocycles. The number of ether oxygens (including phenoxy) is 1. The van der Waals surface area contributed by atoms with Crippen LogP contribution in [0.1, 0.15) is 11.7 Å². The molecule has 1 saturated heterocycles. The first-order valence-electron chi connectivity index (χ1n) is 6.70. The number of aliphatic hydroxyl groups is 1. The molecule has 0 bridgehead atoms. The molecule has 4 nitrogen and oxygen atoms in total. The van der Waals surface area contributed by atoms with E-state index in [1.807, 2.05) is 0 Å². The second kappa shape index (κ2) is 7.55. The number of nitrogens with zero attached hydrogens (tertiary/aromatic N) is 1. The van der Waals surface area contributed by atoms with Crippen LogP contribution >= 0.6 is 0 Å². The lowest BCUT2D eigenvalue weighted by Crippen LogP contribution is -2.40. The van der Waals surface area contributed by atoms with E-state index in [-0.39, 0.29) is 5.82 Å². The third kappa shape index (κ3) is 4.87. The van der Waals surface area contributed by atoms with Gasteiger partial charge in [0.1, 0.15) is 5.82 Å². The Morgan fingerprint density at radius 3 is 2.63 bits per heavy atom. The standard InChI is InChI=1S/C14H21FN2O2/c15-13-3-1-12(2-4-13)14(18)11-16-5-6-17-7-9-19-10-8-17/h1-4,14,16,18H,5-11H2. The largest absolute Gasteiger partial charge is 0.387 e. The number of rotatable bonds is 6. The Morgan fingerprint density at radius 2 is 1.95 bits per heavy atom. The van der Waals surface area contributed by atoms with Crippen LogP contribution in [0.3, 0.4) is 0 Å². The second-order valence-corrected chi connectivity index (χ2v) is 4.73. The van der Waals surface area contributed by atoms with Crippen LogP contribution in [0.4, 0.5) is 4.39 Å². The average Bonchev–Trinajstić information content (AvgIpc) is 2.45. The number of hydrogen-bond donors (Lipinski definition) is 2. The molecule has 2 rings (SSSR count). The minimum absolute atomic E-state index is 0.281. The molecule has 0 spiro atoms. The third-order valence-electron chi connectivity index (χ3n) is 3.30. The molecule has 1 aliphatic rings. The van der Waals surface area contributed by atoms with Gasteiger partial charge in [0.25, 0.3) is 0 Å². The van der Waals surface area contributed by atoms with E-state index in [0.29, 0.717) is 6.54 Å². The zero-order valence-electron chi connectivity index (χ0n) is 11.0. The van der Waals surface area contributed by atoms with Crippen LogP contribution in [0.15, 0.2) is 24.3 Å². The van der Waals surface area contributed by atoms with Gasteiger partial charge >= 0.3 is 0 Å². The molecule has 106 valence electrons. The minimum Gasteiger partial charge on any atom is -0.387 e. The Labute approximate surface area is 113 Å². The summed E-state index contributed by atoms with van der Waals surface area (Å²) in [7, 11) is 0. The Bertz CT molecular complexity index is 366. The summed E-state index contributed by atoms with van der Waals surface area (Å²) in [6.07, 6.45) is -0.592. The van der Waals surface area contributed by atoms with Gasteiger partial charge < -0.3 is 15.2 Å². The highest BCUT2D eigenvalue weighted by Crippen LogP contribution is 2.12. The zero-order valence-corrected chi connectivity index (χ0v) is 11.0. The predicted molar refractivity (Wildman–Crippen MR) is 71.5 cm³/mol. The SMILES string of the molecule is OC(CNCCN1CCOCC1)c1ccc(F)cc1. The highest BCUT2D eigenvalue weighted by molar-refractivity contribution is 5.18. The molecule has 0 saturated carbocycles. The fraction of sp³-hybridized carbons (Fsp3) is 0.571. The summed E-state index contributed by atoms with van der Waals surface area (Å²) in [6, 6.07) is 5.96. The van der Waals surface area contributed by atoms with Crippen LogP contribution in [-0.2, 0) is 4.74 Å². The molecule has 1 heterocycles. The number of nitrogens with one attached hydrogen (secondary N) is 1. The van der Waals surface area contributed by atoms with Gasteiger partial charge in [-0.3, -0.25) is 4.90 Å². The maximum Gasteiger partial charge on any atom is 0.123 e. The molecule has 1 aromatic rings. The topological polar surface area (TPSA) is 44.7 Å². The van der Waals surface area contributed by atoms with Crippen molar-refractivity contribution in [1.82, 2.24) is 10.2 Å². The van der Waals surface area contributed by atoms with Gasteiger partial charge in [-0.2, -0.15) is 0 Å². The third-order valence-corrected chi connectivity index (χ3v) is 3.30. The summed E-state index contributed by atoms with van der Waals surface area (Å²) in [5.74, 6) is -0.281. The van der Waals surface area contributed by atoms with Crippen molar-refractivity contribution in [3.63, 3.8) is 0 Å². The van der Waals surface area contributed by atoms with Crippen molar-refractivity contribution < 1.29 is 14.2 Å². The van der Waals surface area contributed by atoms with E-state index in [4.69, 9.17) is 4.74 Å². The first-order chi connectivity index (χ1) is 9.25. The molecule has 0 radical (unpaired) electrons. The lowest BCUT2D eigenvalue weighted by Gasteiger charge is -2.26. The quantitative estimate of drug-likeness (QED) is 0.749. The first kappa shape index (κ1) is 14.4. The molecule has 1 fully saturated rings. The summed E-state index contributed by atoms with van der Waals surface area (Å²) >= 11 is 0. The molecule has 5 heteroatoms. The minimum atomic E-state index is -0.592. The molecule has 19 heavy (non-hydrogen) atoms. The maximum atomic E-state index is 12.7. The van der Waals surface area contributed by atoms with E-state index >= 15 is 0 Å². The highest BCUT2D eigenvalue weighted by atomic mass is 19.1. The van der Waals surface area contributed by atoms with Gasteiger partial charge in [-0.05, 0) is 17.7 Å². The normalized spacial score (nSPS) is 18.4. The van der Waals surface area contributed by atoms with Crippen molar-refractivity contribution in [2.75, 3.05) is 45.9 Å². The van der Waals surface area contributed by atoms with E-state index in [2.05, 4.69) is 10.2 Å². The lowest BCUT2D eigenvalue weighted by molar-refractivity contribution is 0.0380. The average molecular weight is 268 g/mol. The molecular formula is C14H21FN2O2. The highest BCUT2D eigenvalue weighted by Gasteiger charge is 2.10. The van der Waals surface area contributed by atoms with E-state index < -0.39 is 6.10 Å². The molecule has 0 aliphatic carbocycles. The summed E-state index contributed by atoms with van der Waals surface area (Å²) in [5.41, 5.74) is 0.736. The van der Waals surface area contributed by atoms with Gasteiger partial charge in [0.2, 0.25) is 0 Å². The zero-order chi connectivity index (χ0) is 13.5. The number of aliphatic hydroxyl groups excluding tert-OH is 1. The Morgan fingerprint density at radius 1 is 1.26 bits per heavy atom. The smallest absolute Gasteiger partial charge is 0.123 e. The van der Waals surface area contributed by atoms with E-state index in [0.717, 1.165) is 45.0 Å². The van der Waals surface area contributed by atoms with Gasteiger partial charge in [0.15, 0.2) is 0 Å². The predicted octanol–water partition coefficient (Wildman–Crippen LogP) is 0.781. The monoisotopic (exact) mass is 268 g/mol. The summed E-state index contributed by atoms with van der Waals surface area (Å²) in [4.78, 5) is 2.33. The van der Waals surface area contributed by atoms with Gasteiger partial charge in [-0.25, -0.2) is 4.39 Å². The number of morpholine rings is 1. The molecular weight excluding hydrogens is 247 g/mol. The van der Waals surface area contributed by atoms with Crippen molar-refractivity contribution in [2.45, 2.75) is 6.10 Å². The number of halogens is 1. The van der Waals surface area contributed by atoms with Crippen LogP contribution in [-0.4, -0.2) is 55.9 Å². The fourth-order valence-corrected chi connectivity index (χ4v) is 2.10. The van der Waals surface area contributed by atoms with Crippen molar-refractivity contribution in [3.05, 3.63) is 35.6 Å². The fourth-order valence-electron chi connectivity index (χ4n) is 2.10. The number of benzene rings is 1. The molecule has 2 N–H and O–H groups in total. The van der Waals surface area contributed by atoms with E-state index in [1.165, 1.54) is 12.1 Å². The van der Waals surface area contributed by atoms with Crippen LogP contribution < -0.4 is 5.32 Å². The second-order valence-electron chi connectivity index (χ2n) is 4.73. The van der Waals surface area contributed by atoms with Crippen LogP contribution in [0.2, 0.25) is 0 Å². The molecule has 1 aliphatic heterocycles. The Balaban J connectivity index is 1.63. The maximum absolute atomic E-state index is 12.7. The van der Waals surface area contributed by atoms with E-state index in [1.54, 1.807) is 12.1 Å². The van der Waals surface area contributed by atoms with Crippen molar-refractivity contribution in [1.29, 1.82) is 0 Å². The lowest BCUT2D eigenvalue weighted by atomic mass is 10.1. The van der Waals surface area contributed by atoms with Crippen LogP contribution in [0.5, 0.6) is 0 Å². The summed E-state index contributed by atoms with van der Waals surface area (Å²) in [5, 5.41) is 13.1. The van der Waals surface area contributed by atoms with Crippen molar-refractivity contribution in [2.24, 2.45) is 0 Å². The van der Waals surface area contributed by atoms with Gasteiger partial charge in [-0.1, -0.05) is 12.1 Å².